The van der Waals surface area contributed by atoms with Crippen molar-refractivity contribution in [3.05, 3.63) is 48.2 Å². The van der Waals surface area contributed by atoms with Crippen molar-refractivity contribution < 1.29 is 43.2 Å². The zero-order valence-corrected chi connectivity index (χ0v) is 33.4. The van der Waals surface area contributed by atoms with E-state index in [1.54, 1.807) is 33.9 Å². The van der Waals surface area contributed by atoms with Crippen molar-refractivity contribution in [1.82, 2.24) is 15.2 Å². The fraction of sp³-hybridized carbons (Fsp3) is 0.643. The molecule has 0 aliphatic carbocycles. The van der Waals surface area contributed by atoms with Gasteiger partial charge in [-0.1, -0.05) is 65.0 Å². The van der Waals surface area contributed by atoms with Crippen molar-refractivity contribution >= 4 is 40.6 Å². The quantitative estimate of drug-likeness (QED) is 0.264. The molecule has 1 aromatic heterocycles. The van der Waals surface area contributed by atoms with Crippen molar-refractivity contribution in [3.8, 4) is 0 Å². The van der Waals surface area contributed by atoms with Gasteiger partial charge >= 0.3 is 12.1 Å². The summed E-state index contributed by atoms with van der Waals surface area (Å²) in [7, 11) is 3.78. The second-order valence-corrected chi connectivity index (χ2v) is 16.6. The van der Waals surface area contributed by atoms with E-state index in [2.05, 4.69) is 10.3 Å². The number of Topliss-reactive ketones (excluding diaryl/α,β-unsaturated/α-hetero) is 2. The highest BCUT2D eigenvalue weighted by Gasteiger charge is 2.57. The summed E-state index contributed by atoms with van der Waals surface area (Å²) < 4.78 is 24.8. The van der Waals surface area contributed by atoms with Crippen molar-refractivity contribution in [2.24, 2.45) is 29.1 Å². The minimum Gasteiger partial charge on any atom is -0.458 e. The van der Waals surface area contributed by atoms with Crippen LogP contribution in [0, 0.1) is 29.1 Å². The number of nitrogens with zero attached hydrogens (tertiary/aromatic N) is 2. The molecule has 3 aliphatic heterocycles. The molecule has 2 N–H and O–H groups in total. The van der Waals surface area contributed by atoms with E-state index in [1.807, 2.05) is 82.3 Å². The van der Waals surface area contributed by atoms with Crippen molar-refractivity contribution in [3.63, 3.8) is 0 Å². The number of cyclic esters (lactones) is 1. The number of likely N-dealkylation sites (N-methyl/N-ethyl adjacent to an activating group) is 1. The van der Waals surface area contributed by atoms with Crippen LogP contribution in [0.4, 0.5) is 4.79 Å². The van der Waals surface area contributed by atoms with Crippen LogP contribution in [0.15, 0.2) is 42.6 Å². The van der Waals surface area contributed by atoms with Gasteiger partial charge in [0, 0.05) is 35.4 Å². The normalized spacial score (nSPS) is 38.6. The van der Waals surface area contributed by atoms with Crippen molar-refractivity contribution in [2.45, 2.75) is 129 Å². The Morgan fingerprint density at radius 1 is 1.04 bits per heavy atom. The number of amides is 1. The Bertz CT molecular complexity index is 1730. The van der Waals surface area contributed by atoms with Gasteiger partial charge in [0.1, 0.15) is 23.9 Å². The molecule has 296 valence electrons. The third-order valence-corrected chi connectivity index (χ3v) is 12.1. The zero-order chi connectivity index (χ0) is 39.7. The van der Waals surface area contributed by atoms with E-state index in [0.29, 0.717) is 12.8 Å². The summed E-state index contributed by atoms with van der Waals surface area (Å²) in [5.74, 6) is -4.65. The lowest BCUT2D eigenvalue weighted by molar-refractivity contribution is -0.286. The van der Waals surface area contributed by atoms with E-state index in [0.717, 1.165) is 16.5 Å². The lowest BCUT2D eigenvalue weighted by atomic mass is 9.67. The van der Waals surface area contributed by atoms with Crippen LogP contribution >= 0.6 is 0 Å². The number of esters is 1. The van der Waals surface area contributed by atoms with Crippen LogP contribution in [0.5, 0.6) is 0 Å². The Morgan fingerprint density at radius 2 is 1.74 bits per heavy atom. The van der Waals surface area contributed by atoms with Gasteiger partial charge in [-0.2, -0.15) is 0 Å². The first-order valence-corrected chi connectivity index (χ1v) is 19.3. The summed E-state index contributed by atoms with van der Waals surface area (Å²) in [6.07, 6.45) is 2.36. The molecule has 1 amide bonds. The molecule has 3 fully saturated rings. The largest absolute Gasteiger partial charge is 0.458 e. The average Bonchev–Trinajstić information content (AvgIpc) is 3.45. The summed E-state index contributed by atoms with van der Waals surface area (Å²) in [4.78, 5) is 62.0. The Balaban J connectivity index is 1.60. The molecule has 0 bridgehead atoms. The highest BCUT2D eigenvalue weighted by atomic mass is 16.7. The van der Waals surface area contributed by atoms with E-state index in [9.17, 15) is 24.3 Å². The predicted octanol–water partition coefficient (Wildman–Crippen LogP) is 5.73. The first kappa shape index (κ1) is 41.5. The van der Waals surface area contributed by atoms with Gasteiger partial charge in [-0.05, 0) is 83.7 Å². The number of fused-ring (bicyclic) bond motifs is 2. The van der Waals surface area contributed by atoms with Gasteiger partial charge in [-0.15, -0.1) is 0 Å². The van der Waals surface area contributed by atoms with Crippen LogP contribution in [0.25, 0.3) is 17.0 Å². The molecule has 54 heavy (non-hydrogen) atoms. The Hall–Kier alpha value is -3.71. The number of ether oxygens (including phenoxy) is 4. The molecule has 3 saturated heterocycles. The summed E-state index contributed by atoms with van der Waals surface area (Å²) in [6.45, 7) is 14.2. The second-order valence-electron chi connectivity index (χ2n) is 16.6. The second kappa shape index (κ2) is 16.6. The number of carbonyl (C=O) groups is 4. The lowest BCUT2D eigenvalue weighted by Gasteiger charge is -2.47. The molecule has 13 atom stereocenters. The predicted molar refractivity (Wildman–Crippen MR) is 204 cm³/mol. The minimum absolute atomic E-state index is 0.120. The number of benzene rings is 1. The number of aliphatic hydroxyl groups excluding tert-OH is 1. The van der Waals surface area contributed by atoms with Crippen molar-refractivity contribution in [2.75, 3.05) is 14.1 Å². The molecule has 12 nitrogen and oxygen atoms in total. The van der Waals surface area contributed by atoms with E-state index < -0.39 is 83.2 Å². The van der Waals surface area contributed by atoms with Crippen LogP contribution in [0.3, 0.4) is 0 Å². The number of alkyl carbamates (subject to hydrolysis) is 1. The van der Waals surface area contributed by atoms with Gasteiger partial charge in [0.2, 0.25) is 0 Å². The van der Waals surface area contributed by atoms with E-state index in [4.69, 9.17) is 18.9 Å². The molecule has 0 radical (unpaired) electrons. The number of allylic oxidation sites excluding steroid dienone is 1. The summed E-state index contributed by atoms with van der Waals surface area (Å²) in [6, 6.07) is 8.84. The van der Waals surface area contributed by atoms with Crippen LogP contribution in [-0.2, 0) is 33.3 Å². The zero-order valence-electron chi connectivity index (χ0n) is 33.4. The molecule has 0 spiro atoms. The van der Waals surface area contributed by atoms with Crippen molar-refractivity contribution in [1.29, 1.82) is 0 Å². The number of rotatable bonds is 7. The topological polar surface area (TPSA) is 154 Å². The molecule has 2 aromatic rings. The number of carbonyl (C=O) groups excluding carboxylic acids is 4. The lowest BCUT2D eigenvalue weighted by Crippen LogP contribution is -2.58. The maximum Gasteiger partial charge on any atom is 0.408 e. The molecule has 4 heterocycles. The molecule has 3 aliphatic rings. The monoisotopic (exact) mass is 749 g/mol. The van der Waals surface area contributed by atoms with Gasteiger partial charge in [0.15, 0.2) is 17.7 Å². The number of aliphatic hydroxyl groups is 1. The molecular weight excluding hydrogens is 690 g/mol. The molecule has 0 saturated carbocycles. The minimum atomic E-state index is -1.35. The van der Waals surface area contributed by atoms with Gasteiger partial charge in [-0.3, -0.25) is 19.4 Å². The number of hydrogen-bond donors (Lipinski definition) is 2. The first-order chi connectivity index (χ1) is 25.4. The standard InChI is InChI=1S/C42H59N3O9/c1-11-32-42(8)36(44-40(50)54-42)25(4)33(46)23(2)21-41(7,18-14-15-28-20-29-16-12-13-17-30(29)43-22-28)37(26(5)34(47)27(6)38(49)52-32)53-39-35(48)31(45(9)10)19-24(3)51-39/h12-17,20,22-27,31-32,35-37,39,48H,11,18-19,21H2,1-10H3,(H,44,50)/b15-14+/t23-,24-,25-,26+,27-,31+,32+,35-,36-,37-,39+,41+,42-/m1/s1. The average molecular weight is 750 g/mol. The molecule has 12 heteroatoms. The molecule has 1 aromatic carbocycles. The number of hydrogen-bond acceptors (Lipinski definition) is 11. The van der Waals surface area contributed by atoms with Crippen LogP contribution in [0.1, 0.15) is 86.6 Å². The number of para-hydroxylation sites is 1. The SMILES string of the molecule is CC[C@@H]1OC(=O)[C@H](C)C(=O)[C@H](C)[C@@H](O[C@@H]2O[C@H](C)C[C@H](N(C)C)[C@H]2O)[C@@](C)(C/C=C/c2cnc3ccccc3c2)C[C@@H](C)C(=O)[C@@H](C)[C@H]2NC(=O)O[C@]12C. The smallest absolute Gasteiger partial charge is 0.408 e. The number of aromatic nitrogens is 1. The summed E-state index contributed by atoms with van der Waals surface area (Å²) >= 11 is 0. The van der Waals surface area contributed by atoms with Gasteiger partial charge in [-0.25, -0.2) is 4.79 Å². The van der Waals surface area contributed by atoms with E-state index >= 15 is 0 Å². The maximum absolute atomic E-state index is 14.5. The van der Waals surface area contributed by atoms with Gasteiger partial charge in [0.25, 0.3) is 0 Å². The number of nitrogens with one attached hydrogen (secondary N) is 1. The number of ketones is 2. The Kier molecular flexibility index (Phi) is 12.7. The van der Waals surface area contributed by atoms with E-state index in [1.165, 1.54) is 6.92 Å². The third kappa shape index (κ3) is 8.41. The van der Waals surface area contributed by atoms with Gasteiger partial charge in [0.05, 0.1) is 23.8 Å². The van der Waals surface area contributed by atoms with Crippen LogP contribution in [0.2, 0.25) is 0 Å². The highest BCUT2D eigenvalue weighted by Crippen LogP contribution is 2.44. The van der Waals surface area contributed by atoms with Crippen LogP contribution < -0.4 is 5.32 Å². The highest BCUT2D eigenvalue weighted by molar-refractivity contribution is 6.00. The Morgan fingerprint density at radius 3 is 2.43 bits per heavy atom. The molecule has 5 rings (SSSR count). The summed E-state index contributed by atoms with van der Waals surface area (Å²) in [5, 5.41) is 15.4. The summed E-state index contributed by atoms with van der Waals surface area (Å²) in [5.41, 5.74) is -0.511. The third-order valence-electron chi connectivity index (χ3n) is 12.1. The Labute approximate surface area is 319 Å². The fourth-order valence-corrected chi connectivity index (χ4v) is 9.02. The van der Waals surface area contributed by atoms with E-state index in [-0.39, 0.29) is 30.8 Å². The maximum atomic E-state index is 14.5. The molecule has 0 unspecified atom stereocenters. The molecular formula is C42H59N3O9. The number of pyridine rings is 1. The fourth-order valence-electron chi connectivity index (χ4n) is 9.02. The first-order valence-electron chi connectivity index (χ1n) is 19.3. The van der Waals surface area contributed by atoms with Gasteiger partial charge < -0.3 is 34.3 Å². The van der Waals surface area contributed by atoms with Crippen LogP contribution in [-0.4, -0.2) is 101 Å².